The quantitative estimate of drug-likeness (QED) is 0.368. The van der Waals surface area contributed by atoms with Crippen molar-refractivity contribution in [2.45, 2.75) is 19.3 Å². The van der Waals surface area contributed by atoms with Gasteiger partial charge in [0.05, 0.1) is 6.54 Å². The zero-order valence-corrected chi connectivity index (χ0v) is 10.6. The molecule has 1 aliphatic rings. The first-order chi connectivity index (χ1) is 9.08. The van der Waals surface area contributed by atoms with Crippen molar-refractivity contribution in [3.8, 4) is 0 Å². The van der Waals surface area contributed by atoms with E-state index in [2.05, 4.69) is 21.3 Å². The van der Waals surface area contributed by atoms with Gasteiger partial charge in [0.15, 0.2) is 0 Å². The summed E-state index contributed by atoms with van der Waals surface area (Å²) in [5, 5.41) is 10.1. The molecular weight excluding hydrogens is 252 g/mol. The molecule has 19 heavy (non-hydrogen) atoms. The van der Waals surface area contributed by atoms with E-state index in [-0.39, 0.29) is 31.8 Å². The van der Waals surface area contributed by atoms with Gasteiger partial charge in [-0.3, -0.25) is 19.2 Å². The highest BCUT2D eigenvalue weighted by atomic mass is 16.2. The van der Waals surface area contributed by atoms with Gasteiger partial charge in [-0.2, -0.15) is 0 Å². The van der Waals surface area contributed by atoms with E-state index < -0.39 is 17.7 Å². The molecule has 106 valence electrons. The zero-order chi connectivity index (χ0) is 14.1. The summed E-state index contributed by atoms with van der Waals surface area (Å²) in [6.45, 7) is 0.855. The Bertz CT molecular complexity index is 370. The molecule has 0 aromatic carbocycles. The third-order valence-corrected chi connectivity index (χ3v) is 2.44. The summed E-state index contributed by atoms with van der Waals surface area (Å²) in [5.74, 6) is -1.46. The molecule has 1 saturated heterocycles. The van der Waals surface area contributed by atoms with Crippen LogP contribution in [0.4, 0.5) is 0 Å². The number of nitrogens with one attached hydrogen (secondary N) is 4. The fourth-order valence-electron chi connectivity index (χ4n) is 1.46. The van der Waals surface area contributed by atoms with Gasteiger partial charge in [-0.15, -0.1) is 0 Å². The molecule has 8 nitrogen and oxygen atoms in total. The van der Waals surface area contributed by atoms with Gasteiger partial charge in [0, 0.05) is 26.1 Å². The van der Waals surface area contributed by atoms with Crippen molar-refractivity contribution in [1.29, 1.82) is 0 Å². The van der Waals surface area contributed by atoms with Gasteiger partial charge in [0.1, 0.15) is 6.42 Å². The summed E-state index contributed by atoms with van der Waals surface area (Å²) in [7, 11) is 0. The van der Waals surface area contributed by atoms with E-state index >= 15 is 0 Å². The summed E-state index contributed by atoms with van der Waals surface area (Å²) >= 11 is 0. The van der Waals surface area contributed by atoms with E-state index in [4.69, 9.17) is 0 Å². The molecule has 0 spiro atoms. The first-order valence-corrected chi connectivity index (χ1v) is 6.14. The van der Waals surface area contributed by atoms with Gasteiger partial charge in [-0.05, 0) is 6.42 Å². The molecule has 0 atom stereocenters. The second kappa shape index (κ2) is 8.06. The van der Waals surface area contributed by atoms with Crippen LogP contribution in [-0.2, 0) is 19.2 Å². The van der Waals surface area contributed by atoms with E-state index in [0.29, 0.717) is 19.5 Å². The first-order valence-electron chi connectivity index (χ1n) is 6.14. The largest absolute Gasteiger partial charge is 0.356 e. The Morgan fingerprint density at radius 2 is 1.21 bits per heavy atom. The number of hydrogen-bond donors (Lipinski definition) is 4. The molecule has 1 aliphatic heterocycles. The second-order valence-corrected chi connectivity index (χ2v) is 4.11. The van der Waals surface area contributed by atoms with Crippen LogP contribution < -0.4 is 21.3 Å². The molecule has 1 rings (SSSR count). The van der Waals surface area contributed by atoms with Gasteiger partial charge in [-0.1, -0.05) is 0 Å². The maximum atomic E-state index is 11.3. The van der Waals surface area contributed by atoms with Crippen LogP contribution in [-0.4, -0.2) is 49.8 Å². The molecule has 0 saturated carbocycles. The molecule has 4 amide bonds. The first kappa shape index (κ1) is 14.9. The van der Waals surface area contributed by atoms with Crippen molar-refractivity contribution in [2.75, 3.05) is 26.2 Å². The minimum atomic E-state index is -0.503. The van der Waals surface area contributed by atoms with Crippen LogP contribution in [0.5, 0.6) is 0 Å². The third-order valence-electron chi connectivity index (χ3n) is 2.44. The van der Waals surface area contributed by atoms with Gasteiger partial charge in [-0.25, -0.2) is 0 Å². The van der Waals surface area contributed by atoms with Crippen LogP contribution in [0, 0.1) is 0 Å². The van der Waals surface area contributed by atoms with Crippen LogP contribution in [0.25, 0.3) is 0 Å². The highest BCUT2D eigenvalue weighted by Crippen LogP contribution is 1.84. The SMILES string of the molecule is O=C1CCNC(=O)CNC(=O)CC(=O)NCCCN1. The monoisotopic (exact) mass is 270 g/mol. The maximum absolute atomic E-state index is 11.3. The van der Waals surface area contributed by atoms with Crippen molar-refractivity contribution >= 4 is 23.6 Å². The van der Waals surface area contributed by atoms with Crippen molar-refractivity contribution < 1.29 is 19.2 Å². The lowest BCUT2D eigenvalue weighted by atomic mass is 10.3. The average Bonchev–Trinajstić information content (AvgIpc) is 2.35. The number of hydrogen-bond acceptors (Lipinski definition) is 4. The van der Waals surface area contributed by atoms with Crippen molar-refractivity contribution in [3.05, 3.63) is 0 Å². The minimum Gasteiger partial charge on any atom is -0.356 e. The Kier molecular flexibility index (Phi) is 6.34. The van der Waals surface area contributed by atoms with Gasteiger partial charge in [0.25, 0.3) is 0 Å². The Balaban J connectivity index is 2.46. The van der Waals surface area contributed by atoms with E-state index in [1.165, 1.54) is 0 Å². The maximum Gasteiger partial charge on any atom is 0.239 e. The molecular formula is C11H18N4O4. The van der Waals surface area contributed by atoms with Crippen molar-refractivity contribution in [2.24, 2.45) is 0 Å². The highest BCUT2D eigenvalue weighted by Gasteiger charge is 2.11. The molecule has 1 fully saturated rings. The fraction of sp³-hybridized carbons (Fsp3) is 0.636. The number of carbonyl (C=O) groups is 4. The van der Waals surface area contributed by atoms with Crippen LogP contribution in [0.15, 0.2) is 0 Å². The van der Waals surface area contributed by atoms with Crippen molar-refractivity contribution in [3.63, 3.8) is 0 Å². The Hall–Kier alpha value is -2.12. The van der Waals surface area contributed by atoms with E-state index in [1.54, 1.807) is 0 Å². The number of carbonyl (C=O) groups excluding carboxylic acids is 4. The molecule has 0 aromatic heterocycles. The predicted octanol–water partition coefficient (Wildman–Crippen LogP) is -2.36. The standard InChI is InChI=1S/C11H18N4O4/c16-8-2-5-14-11(19)7-15-10(18)6-9(17)13-4-1-3-12-8/h1-7H2,(H,12,16)(H,13,17)(H,14,19)(H,15,18). The van der Waals surface area contributed by atoms with Crippen LogP contribution >= 0.6 is 0 Å². The van der Waals surface area contributed by atoms with Crippen LogP contribution in [0.3, 0.4) is 0 Å². The lowest BCUT2D eigenvalue weighted by molar-refractivity contribution is -0.131. The van der Waals surface area contributed by atoms with E-state index in [9.17, 15) is 19.2 Å². The molecule has 4 N–H and O–H groups in total. The normalized spacial score (nSPS) is 20.2. The predicted molar refractivity (Wildman–Crippen MR) is 65.9 cm³/mol. The zero-order valence-electron chi connectivity index (χ0n) is 10.6. The Morgan fingerprint density at radius 3 is 1.95 bits per heavy atom. The second-order valence-electron chi connectivity index (χ2n) is 4.11. The molecule has 0 aromatic rings. The summed E-state index contributed by atoms with van der Waals surface area (Å²) in [4.78, 5) is 45.2. The average molecular weight is 270 g/mol. The lowest BCUT2D eigenvalue weighted by Crippen LogP contribution is -2.39. The van der Waals surface area contributed by atoms with Gasteiger partial charge in [0.2, 0.25) is 23.6 Å². The third kappa shape index (κ3) is 7.02. The highest BCUT2D eigenvalue weighted by molar-refractivity contribution is 5.98. The number of amides is 4. The summed E-state index contributed by atoms with van der Waals surface area (Å²) in [6, 6.07) is 0. The molecule has 0 bridgehead atoms. The van der Waals surface area contributed by atoms with E-state index in [0.717, 1.165) is 0 Å². The number of rotatable bonds is 0. The molecule has 0 radical (unpaired) electrons. The molecule has 0 unspecified atom stereocenters. The Morgan fingerprint density at radius 1 is 0.632 bits per heavy atom. The summed E-state index contributed by atoms with van der Waals surface area (Å²) in [6.07, 6.45) is 0.469. The van der Waals surface area contributed by atoms with Crippen LogP contribution in [0.2, 0.25) is 0 Å². The molecule has 8 heteroatoms. The topological polar surface area (TPSA) is 116 Å². The molecule has 0 aliphatic carbocycles. The van der Waals surface area contributed by atoms with Crippen LogP contribution in [0.1, 0.15) is 19.3 Å². The summed E-state index contributed by atoms with van der Waals surface area (Å²) < 4.78 is 0. The molecule has 1 heterocycles. The lowest BCUT2D eigenvalue weighted by Gasteiger charge is -2.06. The summed E-state index contributed by atoms with van der Waals surface area (Å²) in [5.41, 5.74) is 0. The van der Waals surface area contributed by atoms with Gasteiger partial charge >= 0.3 is 0 Å². The fourth-order valence-corrected chi connectivity index (χ4v) is 1.46. The van der Waals surface area contributed by atoms with Crippen molar-refractivity contribution in [1.82, 2.24) is 21.3 Å². The Labute approximate surface area is 110 Å². The van der Waals surface area contributed by atoms with E-state index in [1.807, 2.05) is 0 Å². The minimum absolute atomic E-state index is 0.162. The smallest absolute Gasteiger partial charge is 0.239 e. The van der Waals surface area contributed by atoms with Gasteiger partial charge < -0.3 is 21.3 Å².